The molecule has 1 amide bonds. The van der Waals surface area contributed by atoms with Gasteiger partial charge in [-0.25, -0.2) is 0 Å². The Kier molecular flexibility index (Phi) is 5.62. The molecule has 0 radical (unpaired) electrons. The number of carbonyl (C=O) groups is 2. The summed E-state index contributed by atoms with van der Waals surface area (Å²) in [6.07, 6.45) is 3.98. The first kappa shape index (κ1) is 17.8. The molecule has 0 atom stereocenters. The number of thiocarbonyl (C=S) groups is 1. The van der Waals surface area contributed by atoms with E-state index in [-0.39, 0.29) is 12.3 Å². The summed E-state index contributed by atoms with van der Waals surface area (Å²) in [7, 11) is 0. The van der Waals surface area contributed by atoms with Crippen LogP contribution in [0.5, 0.6) is 0 Å². The molecule has 128 valence electrons. The molecule has 0 saturated carbocycles. The minimum atomic E-state index is -0.874. The Hall–Kier alpha value is -2.03. The highest BCUT2D eigenvalue weighted by molar-refractivity contribution is 8.26. The van der Waals surface area contributed by atoms with Crippen molar-refractivity contribution < 1.29 is 14.7 Å². The van der Waals surface area contributed by atoms with Gasteiger partial charge in [-0.2, -0.15) is 0 Å². The number of aliphatic carboxylic acids is 1. The second-order valence-electron chi connectivity index (χ2n) is 5.25. The lowest BCUT2D eigenvalue weighted by Crippen LogP contribution is -2.29. The molecule has 3 heterocycles. The average Bonchev–Trinajstić information content (AvgIpc) is 3.16. The van der Waals surface area contributed by atoms with Crippen LogP contribution in [0.15, 0.2) is 41.4 Å². The van der Waals surface area contributed by atoms with Crippen molar-refractivity contribution in [3.05, 3.63) is 46.3 Å². The first-order chi connectivity index (χ1) is 12.0. The zero-order valence-electron chi connectivity index (χ0n) is 13.0. The number of aromatic nitrogens is 1. The summed E-state index contributed by atoms with van der Waals surface area (Å²) in [5.74, 6) is -1.03. The van der Waals surface area contributed by atoms with E-state index in [1.807, 2.05) is 36.4 Å². The molecule has 1 N–H and O–H groups in total. The van der Waals surface area contributed by atoms with E-state index < -0.39 is 5.97 Å². The molecule has 1 saturated heterocycles. The van der Waals surface area contributed by atoms with Gasteiger partial charge in [0.25, 0.3) is 5.91 Å². The van der Waals surface area contributed by atoms with Crippen LogP contribution in [0, 0.1) is 0 Å². The van der Waals surface area contributed by atoms with Gasteiger partial charge in [-0.3, -0.25) is 19.5 Å². The maximum atomic E-state index is 12.5. The third-order valence-corrected chi connectivity index (χ3v) is 5.90. The van der Waals surface area contributed by atoms with Crippen LogP contribution >= 0.6 is 35.3 Å². The maximum absolute atomic E-state index is 12.5. The van der Waals surface area contributed by atoms with E-state index in [0.717, 1.165) is 15.4 Å². The number of thiophene rings is 1. The van der Waals surface area contributed by atoms with E-state index in [2.05, 4.69) is 4.98 Å². The summed E-state index contributed by atoms with van der Waals surface area (Å²) in [5, 5.41) is 8.71. The normalized spacial score (nSPS) is 16.0. The molecule has 2 aromatic rings. The Morgan fingerprint density at radius 1 is 1.32 bits per heavy atom. The summed E-state index contributed by atoms with van der Waals surface area (Å²) in [6, 6.07) is 9.67. The molecule has 2 aromatic heterocycles. The Morgan fingerprint density at radius 3 is 2.88 bits per heavy atom. The number of hydrogen-bond donors (Lipinski definition) is 1. The van der Waals surface area contributed by atoms with Gasteiger partial charge in [-0.1, -0.05) is 30.0 Å². The standard InChI is InChI=1S/C17H14N2O3S3/c20-15(21)5-3-9-19-16(22)14(25-17(19)23)10-11-6-7-13(24-11)12-4-1-2-8-18-12/h1-2,4,6-8,10H,3,5,9H2,(H,20,21)/b14-10+. The fourth-order valence-corrected chi connectivity index (χ4v) is 4.59. The van der Waals surface area contributed by atoms with Crippen molar-refractivity contribution in [3.63, 3.8) is 0 Å². The van der Waals surface area contributed by atoms with E-state index >= 15 is 0 Å². The quantitative estimate of drug-likeness (QED) is 0.596. The predicted octanol–water partition coefficient (Wildman–Crippen LogP) is 3.88. The number of nitrogens with zero attached hydrogens (tertiary/aromatic N) is 2. The third-order valence-electron chi connectivity index (χ3n) is 3.46. The summed E-state index contributed by atoms with van der Waals surface area (Å²) in [4.78, 5) is 31.4. The second-order valence-corrected chi connectivity index (χ2v) is 8.04. The molecule has 0 spiro atoms. The lowest BCUT2D eigenvalue weighted by molar-refractivity contribution is -0.137. The van der Waals surface area contributed by atoms with E-state index in [1.54, 1.807) is 17.5 Å². The van der Waals surface area contributed by atoms with Crippen LogP contribution in [-0.2, 0) is 9.59 Å². The van der Waals surface area contributed by atoms with Gasteiger partial charge in [0.15, 0.2) is 0 Å². The molecule has 3 rings (SSSR count). The Labute approximate surface area is 158 Å². The summed E-state index contributed by atoms with van der Waals surface area (Å²) in [6.45, 7) is 0.331. The molecule has 1 aliphatic heterocycles. The second kappa shape index (κ2) is 7.90. The minimum Gasteiger partial charge on any atom is -0.481 e. The van der Waals surface area contributed by atoms with Gasteiger partial charge in [-0.15, -0.1) is 11.3 Å². The van der Waals surface area contributed by atoms with Crippen LogP contribution in [0.4, 0.5) is 0 Å². The summed E-state index contributed by atoms with van der Waals surface area (Å²) < 4.78 is 0.475. The molecule has 1 aliphatic rings. The highest BCUT2D eigenvalue weighted by Gasteiger charge is 2.31. The van der Waals surface area contributed by atoms with Crippen LogP contribution in [0.25, 0.3) is 16.6 Å². The largest absolute Gasteiger partial charge is 0.481 e. The molecule has 0 unspecified atom stereocenters. The van der Waals surface area contributed by atoms with E-state index in [0.29, 0.717) is 22.2 Å². The van der Waals surface area contributed by atoms with Crippen molar-refractivity contribution in [2.24, 2.45) is 0 Å². The number of carboxylic acid groups (broad SMARTS) is 1. The summed E-state index contributed by atoms with van der Waals surface area (Å²) in [5.41, 5.74) is 0.897. The zero-order valence-corrected chi connectivity index (χ0v) is 15.5. The smallest absolute Gasteiger partial charge is 0.303 e. The summed E-state index contributed by atoms with van der Waals surface area (Å²) >= 11 is 8.05. The lowest BCUT2D eigenvalue weighted by Gasteiger charge is -2.13. The highest BCUT2D eigenvalue weighted by Crippen LogP contribution is 2.35. The molecule has 0 bridgehead atoms. The van der Waals surface area contributed by atoms with Gasteiger partial charge in [0.2, 0.25) is 0 Å². The van der Waals surface area contributed by atoms with Crippen molar-refractivity contribution in [3.8, 4) is 10.6 Å². The van der Waals surface area contributed by atoms with Gasteiger partial charge in [-0.05, 0) is 36.8 Å². The monoisotopic (exact) mass is 390 g/mol. The topological polar surface area (TPSA) is 70.5 Å². The number of pyridine rings is 1. The number of carbonyl (C=O) groups excluding carboxylic acids is 1. The fourth-order valence-electron chi connectivity index (χ4n) is 2.29. The third kappa shape index (κ3) is 4.33. The number of carboxylic acids is 1. The van der Waals surface area contributed by atoms with Crippen molar-refractivity contribution >= 4 is 57.6 Å². The van der Waals surface area contributed by atoms with Crippen LogP contribution in [-0.4, -0.2) is 37.7 Å². The molecular weight excluding hydrogens is 376 g/mol. The van der Waals surface area contributed by atoms with Gasteiger partial charge in [0.1, 0.15) is 4.32 Å². The van der Waals surface area contributed by atoms with E-state index in [4.69, 9.17) is 17.3 Å². The first-order valence-electron chi connectivity index (χ1n) is 7.53. The van der Waals surface area contributed by atoms with Crippen LogP contribution in [0.1, 0.15) is 17.7 Å². The fraction of sp³-hybridized carbons (Fsp3) is 0.176. The van der Waals surface area contributed by atoms with Gasteiger partial charge >= 0.3 is 5.97 Å². The van der Waals surface area contributed by atoms with Gasteiger partial charge in [0, 0.05) is 24.0 Å². The number of thioether (sulfide) groups is 1. The number of amides is 1. The predicted molar refractivity (Wildman–Crippen MR) is 104 cm³/mol. The molecule has 1 fully saturated rings. The zero-order chi connectivity index (χ0) is 17.8. The van der Waals surface area contributed by atoms with E-state index in [1.165, 1.54) is 16.7 Å². The van der Waals surface area contributed by atoms with Gasteiger partial charge in [0.05, 0.1) is 15.5 Å². The molecular formula is C17H14N2O3S3. The van der Waals surface area contributed by atoms with Crippen molar-refractivity contribution in [2.75, 3.05) is 6.54 Å². The SMILES string of the molecule is O=C(O)CCCN1C(=O)/C(=C\c2ccc(-c3ccccn3)s2)SC1=S. The van der Waals surface area contributed by atoms with Crippen molar-refractivity contribution in [1.82, 2.24) is 9.88 Å². The molecule has 8 heteroatoms. The van der Waals surface area contributed by atoms with Gasteiger partial charge < -0.3 is 5.11 Å². The van der Waals surface area contributed by atoms with Crippen molar-refractivity contribution in [1.29, 1.82) is 0 Å². The van der Waals surface area contributed by atoms with E-state index in [9.17, 15) is 9.59 Å². The Morgan fingerprint density at radius 2 is 2.16 bits per heavy atom. The Bertz CT molecular complexity index is 846. The molecule has 0 aliphatic carbocycles. The number of rotatable bonds is 6. The highest BCUT2D eigenvalue weighted by atomic mass is 32.2. The minimum absolute atomic E-state index is 0.0223. The van der Waals surface area contributed by atoms with Crippen LogP contribution in [0.3, 0.4) is 0 Å². The molecule has 5 nitrogen and oxygen atoms in total. The van der Waals surface area contributed by atoms with Crippen LogP contribution in [0.2, 0.25) is 0 Å². The first-order valence-corrected chi connectivity index (χ1v) is 9.57. The van der Waals surface area contributed by atoms with Crippen molar-refractivity contribution in [2.45, 2.75) is 12.8 Å². The lowest BCUT2D eigenvalue weighted by atomic mass is 10.3. The molecule has 0 aromatic carbocycles. The maximum Gasteiger partial charge on any atom is 0.303 e. The Balaban J connectivity index is 1.72. The number of hydrogen-bond acceptors (Lipinski definition) is 6. The molecule has 25 heavy (non-hydrogen) atoms. The average molecular weight is 391 g/mol. The van der Waals surface area contributed by atoms with Crippen LogP contribution < -0.4 is 0 Å².